The van der Waals surface area contributed by atoms with E-state index in [0.717, 1.165) is 0 Å². The van der Waals surface area contributed by atoms with Crippen LogP contribution in [0, 0.1) is 0 Å². The number of rotatable bonds is 1. The third kappa shape index (κ3) is 0.814. The first-order valence-corrected chi connectivity index (χ1v) is 3.13. The van der Waals surface area contributed by atoms with Gasteiger partial charge in [0.1, 0.15) is 0 Å². The fourth-order valence-corrected chi connectivity index (χ4v) is 0.895. The number of aromatic amines is 1. The topological polar surface area (TPSA) is 58.0 Å². The summed E-state index contributed by atoms with van der Waals surface area (Å²) < 4.78 is 1.31. The summed E-state index contributed by atoms with van der Waals surface area (Å²) in [6.45, 7) is 1.82. The number of nitrogens with one attached hydrogen (secondary N) is 1. The predicted octanol–water partition coefficient (Wildman–Crippen LogP) is -0.0186. The zero-order valence-electron chi connectivity index (χ0n) is 6.01. The Morgan fingerprint density at radius 3 is 2.50 bits per heavy atom. The summed E-state index contributed by atoms with van der Waals surface area (Å²) in [6, 6.07) is 0. The quantitative estimate of drug-likeness (QED) is 0.579. The Morgan fingerprint density at radius 1 is 1.70 bits per heavy atom. The van der Waals surface area contributed by atoms with Gasteiger partial charge in [-0.05, 0) is 6.42 Å². The van der Waals surface area contributed by atoms with Gasteiger partial charge < -0.3 is 5.11 Å². The molecule has 1 aromatic rings. The third-order valence-corrected chi connectivity index (χ3v) is 1.48. The SMILES string of the molecule is CCc1c(O)n(C)[nH]c1=O. The molecular weight excluding hydrogens is 132 g/mol. The lowest BCUT2D eigenvalue weighted by Crippen LogP contribution is -2.05. The van der Waals surface area contributed by atoms with Crippen molar-refractivity contribution in [3.8, 4) is 5.88 Å². The van der Waals surface area contributed by atoms with Crippen molar-refractivity contribution in [3.05, 3.63) is 15.9 Å². The molecule has 0 aliphatic rings. The van der Waals surface area contributed by atoms with Crippen LogP contribution in [-0.4, -0.2) is 14.9 Å². The molecule has 1 heterocycles. The van der Waals surface area contributed by atoms with Crippen LogP contribution in [0.3, 0.4) is 0 Å². The largest absolute Gasteiger partial charge is 0.493 e. The summed E-state index contributed by atoms with van der Waals surface area (Å²) >= 11 is 0. The molecule has 10 heavy (non-hydrogen) atoms. The fraction of sp³-hybridized carbons (Fsp3) is 0.500. The van der Waals surface area contributed by atoms with E-state index in [0.29, 0.717) is 12.0 Å². The second kappa shape index (κ2) is 2.21. The fourth-order valence-electron chi connectivity index (χ4n) is 0.895. The summed E-state index contributed by atoms with van der Waals surface area (Å²) in [5, 5.41) is 11.6. The molecule has 0 unspecified atom stereocenters. The molecule has 0 amide bonds. The average Bonchev–Trinajstić information content (AvgIpc) is 2.09. The standard InChI is InChI=1S/C6H10N2O2/c1-3-4-5(9)7-8(2)6(4)10/h10H,3H2,1-2H3,(H,7,9). The molecule has 0 spiro atoms. The van der Waals surface area contributed by atoms with Gasteiger partial charge in [-0.1, -0.05) is 6.92 Å². The van der Waals surface area contributed by atoms with Crippen molar-refractivity contribution in [1.82, 2.24) is 9.78 Å². The average molecular weight is 142 g/mol. The van der Waals surface area contributed by atoms with Crippen molar-refractivity contribution >= 4 is 0 Å². The Bertz CT molecular complexity index is 284. The van der Waals surface area contributed by atoms with Gasteiger partial charge in [0.25, 0.3) is 5.56 Å². The van der Waals surface area contributed by atoms with Crippen molar-refractivity contribution in [2.24, 2.45) is 7.05 Å². The van der Waals surface area contributed by atoms with Gasteiger partial charge in [0, 0.05) is 7.05 Å². The van der Waals surface area contributed by atoms with Gasteiger partial charge in [-0.3, -0.25) is 14.6 Å². The molecule has 0 fully saturated rings. The summed E-state index contributed by atoms with van der Waals surface area (Å²) in [6.07, 6.45) is 0.558. The number of nitrogens with zero attached hydrogens (tertiary/aromatic N) is 1. The van der Waals surface area contributed by atoms with Gasteiger partial charge in [-0.25, -0.2) is 0 Å². The van der Waals surface area contributed by atoms with Crippen molar-refractivity contribution in [3.63, 3.8) is 0 Å². The first-order valence-electron chi connectivity index (χ1n) is 3.13. The molecule has 56 valence electrons. The highest BCUT2D eigenvalue weighted by Gasteiger charge is 2.07. The number of aryl methyl sites for hydroxylation is 1. The molecule has 4 nitrogen and oxygen atoms in total. The first kappa shape index (κ1) is 6.92. The van der Waals surface area contributed by atoms with E-state index in [9.17, 15) is 4.79 Å². The van der Waals surface area contributed by atoms with Gasteiger partial charge in [-0.2, -0.15) is 0 Å². The smallest absolute Gasteiger partial charge is 0.271 e. The molecule has 0 aromatic carbocycles. The summed E-state index contributed by atoms with van der Waals surface area (Å²) in [7, 11) is 1.59. The Labute approximate surface area is 58.1 Å². The minimum absolute atomic E-state index is 0.0347. The Kier molecular flexibility index (Phi) is 1.53. The van der Waals surface area contributed by atoms with Crippen LogP contribution >= 0.6 is 0 Å². The molecule has 0 aliphatic carbocycles. The van der Waals surface area contributed by atoms with Crippen LogP contribution in [0.1, 0.15) is 12.5 Å². The molecule has 0 saturated heterocycles. The van der Waals surface area contributed by atoms with Gasteiger partial charge in [-0.15, -0.1) is 0 Å². The van der Waals surface area contributed by atoms with E-state index in [-0.39, 0.29) is 11.4 Å². The second-order valence-corrected chi connectivity index (χ2v) is 2.16. The third-order valence-electron chi connectivity index (χ3n) is 1.48. The first-order chi connectivity index (χ1) is 4.66. The van der Waals surface area contributed by atoms with Crippen molar-refractivity contribution < 1.29 is 5.11 Å². The Balaban J connectivity index is 3.34. The Morgan fingerprint density at radius 2 is 2.30 bits per heavy atom. The zero-order chi connectivity index (χ0) is 7.72. The maximum Gasteiger partial charge on any atom is 0.271 e. The zero-order valence-corrected chi connectivity index (χ0v) is 6.01. The number of aromatic nitrogens is 2. The number of hydrogen-bond acceptors (Lipinski definition) is 2. The van der Waals surface area contributed by atoms with Crippen LogP contribution in [0.4, 0.5) is 0 Å². The van der Waals surface area contributed by atoms with Crippen LogP contribution in [-0.2, 0) is 13.5 Å². The van der Waals surface area contributed by atoms with Crippen LogP contribution in [0.25, 0.3) is 0 Å². The van der Waals surface area contributed by atoms with Gasteiger partial charge in [0.05, 0.1) is 5.56 Å². The number of hydrogen-bond donors (Lipinski definition) is 2. The number of H-pyrrole nitrogens is 1. The Hall–Kier alpha value is -1.19. The van der Waals surface area contributed by atoms with Crippen molar-refractivity contribution in [2.75, 3.05) is 0 Å². The highest BCUT2D eigenvalue weighted by molar-refractivity contribution is 5.21. The van der Waals surface area contributed by atoms with E-state index in [1.54, 1.807) is 7.05 Å². The summed E-state index contributed by atoms with van der Waals surface area (Å²) in [4.78, 5) is 10.9. The van der Waals surface area contributed by atoms with Gasteiger partial charge >= 0.3 is 0 Å². The molecule has 2 N–H and O–H groups in total. The molecule has 0 radical (unpaired) electrons. The molecule has 4 heteroatoms. The lowest BCUT2D eigenvalue weighted by Gasteiger charge is -1.92. The molecule has 0 saturated carbocycles. The van der Waals surface area contributed by atoms with Crippen LogP contribution in [0.5, 0.6) is 5.88 Å². The molecule has 0 aliphatic heterocycles. The normalized spacial score (nSPS) is 10.2. The maximum absolute atomic E-state index is 10.9. The lowest BCUT2D eigenvalue weighted by atomic mass is 10.3. The molecular formula is C6H10N2O2. The molecule has 1 rings (SSSR count). The van der Waals surface area contributed by atoms with Crippen LogP contribution in [0.15, 0.2) is 4.79 Å². The summed E-state index contributed by atoms with van der Waals surface area (Å²) in [5.74, 6) is 0.0347. The minimum Gasteiger partial charge on any atom is -0.493 e. The van der Waals surface area contributed by atoms with Crippen molar-refractivity contribution in [1.29, 1.82) is 0 Å². The number of aromatic hydroxyl groups is 1. The predicted molar refractivity (Wildman–Crippen MR) is 37.1 cm³/mol. The van der Waals surface area contributed by atoms with E-state index < -0.39 is 0 Å². The minimum atomic E-state index is -0.206. The highest BCUT2D eigenvalue weighted by atomic mass is 16.3. The summed E-state index contributed by atoms with van der Waals surface area (Å²) in [5.41, 5.74) is 0.241. The molecule has 1 aromatic heterocycles. The van der Waals surface area contributed by atoms with E-state index in [2.05, 4.69) is 5.10 Å². The van der Waals surface area contributed by atoms with Crippen LogP contribution in [0.2, 0.25) is 0 Å². The van der Waals surface area contributed by atoms with E-state index in [1.165, 1.54) is 4.68 Å². The van der Waals surface area contributed by atoms with Gasteiger partial charge in [0.15, 0.2) is 0 Å². The molecule has 0 bridgehead atoms. The van der Waals surface area contributed by atoms with Gasteiger partial charge in [0.2, 0.25) is 5.88 Å². The highest BCUT2D eigenvalue weighted by Crippen LogP contribution is 2.09. The molecule has 0 atom stereocenters. The van der Waals surface area contributed by atoms with E-state index in [1.807, 2.05) is 6.92 Å². The van der Waals surface area contributed by atoms with E-state index >= 15 is 0 Å². The lowest BCUT2D eigenvalue weighted by molar-refractivity contribution is 0.414. The maximum atomic E-state index is 10.9. The monoisotopic (exact) mass is 142 g/mol. The van der Waals surface area contributed by atoms with Crippen molar-refractivity contribution in [2.45, 2.75) is 13.3 Å². The van der Waals surface area contributed by atoms with E-state index in [4.69, 9.17) is 5.11 Å². The second-order valence-electron chi connectivity index (χ2n) is 2.16. The van der Waals surface area contributed by atoms with Crippen LogP contribution < -0.4 is 5.56 Å².